The Bertz CT molecular complexity index is 490. The van der Waals surface area contributed by atoms with Crippen LogP contribution in [0.3, 0.4) is 0 Å². The zero-order valence-electron chi connectivity index (χ0n) is 12.3. The molecule has 1 N–H and O–H groups in total. The maximum atomic E-state index is 8.91. The molecule has 2 rings (SSSR count). The molecule has 1 unspecified atom stereocenters. The lowest BCUT2D eigenvalue weighted by Crippen LogP contribution is -2.28. The SMILES string of the molecule is CNc1nc(N(C)CC(C)C#N)nc(N2CCCC2)n1. The summed E-state index contributed by atoms with van der Waals surface area (Å²) in [5.41, 5.74) is 0. The Hall–Kier alpha value is -2.10. The van der Waals surface area contributed by atoms with Gasteiger partial charge in [-0.25, -0.2) is 0 Å². The minimum absolute atomic E-state index is 0.0648. The third kappa shape index (κ3) is 3.26. The van der Waals surface area contributed by atoms with Gasteiger partial charge in [-0.05, 0) is 19.8 Å². The minimum Gasteiger partial charge on any atom is -0.357 e. The average molecular weight is 275 g/mol. The van der Waals surface area contributed by atoms with Crippen LogP contribution in [0.1, 0.15) is 19.8 Å². The van der Waals surface area contributed by atoms with Crippen LogP contribution in [0.25, 0.3) is 0 Å². The predicted octanol–water partition coefficient (Wildman–Crippen LogP) is 1.11. The standard InChI is InChI=1S/C13H21N7/c1-10(8-14)9-19(3)12-16-11(15-2)17-13(18-12)20-6-4-5-7-20/h10H,4-7,9H2,1-3H3,(H,15,16,17,18). The molecule has 0 amide bonds. The second-order valence-corrected chi connectivity index (χ2v) is 5.11. The molecule has 0 saturated carbocycles. The van der Waals surface area contributed by atoms with E-state index in [2.05, 4.69) is 31.2 Å². The number of nitriles is 1. The summed E-state index contributed by atoms with van der Waals surface area (Å²) in [6, 6.07) is 2.23. The van der Waals surface area contributed by atoms with Crippen molar-refractivity contribution < 1.29 is 0 Å². The van der Waals surface area contributed by atoms with E-state index in [1.165, 1.54) is 12.8 Å². The summed E-state index contributed by atoms with van der Waals surface area (Å²) >= 11 is 0. The molecular formula is C13H21N7. The summed E-state index contributed by atoms with van der Waals surface area (Å²) in [6.07, 6.45) is 2.36. The summed E-state index contributed by atoms with van der Waals surface area (Å²) in [6.45, 7) is 4.47. The molecule has 1 atom stereocenters. The molecule has 1 aliphatic rings. The lowest BCUT2D eigenvalue weighted by Gasteiger charge is -2.21. The van der Waals surface area contributed by atoms with Gasteiger partial charge in [0.05, 0.1) is 12.0 Å². The van der Waals surface area contributed by atoms with Gasteiger partial charge >= 0.3 is 0 Å². The normalized spacial score (nSPS) is 15.8. The Morgan fingerprint density at radius 1 is 1.35 bits per heavy atom. The first-order chi connectivity index (χ1) is 9.63. The average Bonchev–Trinajstić information content (AvgIpc) is 3.00. The smallest absolute Gasteiger partial charge is 0.231 e. The zero-order valence-corrected chi connectivity index (χ0v) is 12.3. The van der Waals surface area contributed by atoms with Gasteiger partial charge in [-0.1, -0.05) is 0 Å². The number of nitrogens with one attached hydrogen (secondary N) is 1. The van der Waals surface area contributed by atoms with Crippen LogP contribution in [-0.2, 0) is 0 Å². The van der Waals surface area contributed by atoms with Crippen molar-refractivity contribution in [1.29, 1.82) is 5.26 Å². The first kappa shape index (κ1) is 14.3. The molecule has 1 aromatic heterocycles. The van der Waals surface area contributed by atoms with Crippen LogP contribution in [0, 0.1) is 17.2 Å². The first-order valence-electron chi connectivity index (χ1n) is 6.93. The molecule has 7 nitrogen and oxygen atoms in total. The van der Waals surface area contributed by atoms with Crippen LogP contribution in [0.5, 0.6) is 0 Å². The third-order valence-corrected chi connectivity index (χ3v) is 3.33. The van der Waals surface area contributed by atoms with Crippen molar-refractivity contribution in [2.45, 2.75) is 19.8 Å². The molecule has 108 valence electrons. The van der Waals surface area contributed by atoms with Crippen LogP contribution >= 0.6 is 0 Å². The highest BCUT2D eigenvalue weighted by Crippen LogP contribution is 2.20. The van der Waals surface area contributed by atoms with Crippen LogP contribution in [-0.4, -0.2) is 48.7 Å². The van der Waals surface area contributed by atoms with Crippen molar-refractivity contribution in [1.82, 2.24) is 15.0 Å². The number of hydrogen-bond acceptors (Lipinski definition) is 7. The van der Waals surface area contributed by atoms with Crippen LogP contribution in [0.4, 0.5) is 17.8 Å². The van der Waals surface area contributed by atoms with Gasteiger partial charge in [0, 0.05) is 33.7 Å². The van der Waals surface area contributed by atoms with E-state index in [4.69, 9.17) is 5.26 Å². The maximum Gasteiger partial charge on any atom is 0.231 e. The van der Waals surface area contributed by atoms with Gasteiger partial charge in [-0.15, -0.1) is 0 Å². The van der Waals surface area contributed by atoms with Crippen molar-refractivity contribution in [3.63, 3.8) is 0 Å². The Morgan fingerprint density at radius 3 is 2.65 bits per heavy atom. The summed E-state index contributed by atoms with van der Waals surface area (Å²) in [7, 11) is 3.70. The van der Waals surface area contributed by atoms with Crippen molar-refractivity contribution in [2.24, 2.45) is 5.92 Å². The molecule has 1 aromatic rings. The Balaban J connectivity index is 2.23. The highest BCUT2D eigenvalue weighted by molar-refractivity contribution is 5.45. The molecular weight excluding hydrogens is 254 g/mol. The van der Waals surface area contributed by atoms with E-state index in [-0.39, 0.29) is 5.92 Å². The van der Waals surface area contributed by atoms with Crippen molar-refractivity contribution in [3.8, 4) is 6.07 Å². The first-order valence-corrected chi connectivity index (χ1v) is 6.93. The van der Waals surface area contributed by atoms with Gasteiger partial charge in [-0.3, -0.25) is 0 Å². The molecule has 2 heterocycles. The van der Waals surface area contributed by atoms with E-state index in [9.17, 15) is 0 Å². The van der Waals surface area contributed by atoms with Gasteiger partial charge in [0.15, 0.2) is 0 Å². The van der Waals surface area contributed by atoms with E-state index >= 15 is 0 Å². The fourth-order valence-electron chi connectivity index (χ4n) is 2.23. The second-order valence-electron chi connectivity index (χ2n) is 5.11. The van der Waals surface area contributed by atoms with E-state index in [0.717, 1.165) is 13.1 Å². The molecule has 1 saturated heterocycles. The van der Waals surface area contributed by atoms with Gasteiger partial charge in [-0.2, -0.15) is 20.2 Å². The lowest BCUT2D eigenvalue weighted by atomic mass is 10.2. The number of nitrogens with zero attached hydrogens (tertiary/aromatic N) is 6. The summed E-state index contributed by atoms with van der Waals surface area (Å²) in [5.74, 6) is 1.82. The second kappa shape index (κ2) is 6.37. The molecule has 20 heavy (non-hydrogen) atoms. The van der Waals surface area contributed by atoms with E-state index < -0.39 is 0 Å². The van der Waals surface area contributed by atoms with Crippen molar-refractivity contribution >= 4 is 17.8 Å². The van der Waals surface area contributed by atoms with Gasteiger partial charge < -0.3 is 15.1 Å². The van der Waals surface area contributed by atoms with E-state index in [0.29, 0.717) is 24.4 Å². The Morgan fingerprint density at radius 2 is 2.05 bits per heavy atom. The van der Waals surface area contributed by atoms with Crippen LogP contribution in [0.2, 0.25) is 0 Å². The zero-order chi connectivity index (χ0) is 14.5. The topological polar surface area (TPSA) is 81.0 Å². The Labute approximate surface area is 119 Å². The molecule has 0 spiro atoms. The third-order valence-electron chi connectivity index (χ3n) is 3.33. The molecule has 7 heteroatoms. The number of rotatable bonds is 5. The Kier molecular flexibility index (Phi) is 4.56. The van der Waals surface area contributed by atoms with Gasteiger partial charge in [0.1, 0.15) is 0 Å². The highest BCUT2D eigenvalue weighted by atomic mass is 15.4. The minimum atomic E-state index is -0.0648. The summed E-state index contributed by atoms with van der Waals surface area (Å²) in [5, 5.41) is 11.9. The van der Waals surface area contributed by atoms with E-state index in [1.54, 1.807) is 7.05 Å². The quantitative estimate of drug-likeness (QED) is 0.862. The van der Waals surface area contributed by atoms with Crippen molar-refractivity contribution in [2.75, 3.05) is 48.8 Å². The fourth-order valence-corrected chi connectivity index (χ4v) is 2.23. The van der Waals surface area contributed by atoms with Crippen LogP contribution in [0.15, 0.2) is 0 Å². The molecule has 0 bridgehead atoms. The molecule has 0 radical (unpaired) electrons. The van der Waals surface area contributed by atoms with Gasteiger partial charge in [0.2, 0.25) is 17.8 Å². The fraction of sp³-hybridized carbons (Fsp3) is 0.692. The summed E-state index contributed by atoms with van der Waals surface area (Å²) in [4.78, 5) is 17.4. The monoisotopic (exact) mass is 275 g/mol. The number of hydrogen-bond donors (Lipinski definition) is 1. The molecule has 0 aliphatic carbocycles. The molecule has 1 aliphatic heterocycles. The lowest BCUT2D eigenvalue weighted by molar-refractivity contribution is 0.699. The highest BCUT2D eigenvalue weighted by Gasteiger charge is 2.19. The summed E-state index contributed by atoms with van der Waals surface area (Å²) < 4.78 is 0. The van der Waals surface area contributed by atoms with Crippen LogP contribution < -0.4 is 15.1 Å². The maximum absolute atomic E-state index is 8.91. The predicted molar refractivity (Wildman–Crippen MR) is 78.9 cm³/mol. The van der Waals surface area contributed by atoms with E-state index in [1.807, 2.05) is 18.9 Å². The van der Waals surface area contributed by atoms with Gasteiger partial charge in [0.25, 0.3) is 0 Å². The van der Waals surface area contributed by atoms with Crippen molar-refractivity contribution in [3.05, 3.63) is 0 Å². The number of aromatic nitrogens is 3. The molecule has 0 aromatic carbocycles. The largest absolute Gasteiger partial charge is 0.357 e. The number of anilines is 3. The molecule has 1 fully saturated rings.